The Morgan fingerprint density at radius 3 is 3.39 bits per heavy atom. The predicted molar refractivity (Wildman–Crippen MR) is 66.8 cm³/mol. The Hall–Kier alpha value is -1.40. The molecule has 3 rings (SSSR count). The Morgan fingerprint density at radius 2 is 2.56 bits per heavy atom. The van der Waals surface area contributed by atoms with Crippen LogP contribution in [0.25, 0.3) is 4.96 Å². The van der Waals surface area contributed by atoms with Crippen molar-refractivity contribution in [1.29, 1.82) is 0 Å². The van der Waals surface area contributed by atoms with Crippen LogP contribution in [0.15, 0.2) is 5.38 Å². The average Bonchev–Trinajstić information content (AvgIpc) is 2.89. The van der Waals surface area contributed by atoms with Crippen molar-refractivity contribution in [3.8, 4) is 0 Å². The van der Waals surface area contributed by atoms with Crippen LogP contribution in [0.3, 0.4) is 0 Å². The molecule has 0 saturated carbocycles. The van der Waals surface area contributed by atoms with Crippen molar-refractivity contribution in [3.05, 3.63) is 22.5 Å². The highest BCUT2D eigenvalue weighted by atomic mass is 32.1. The molecule has 0 fully saturated rings. The highest BCUT2D eigenvalue weighted by Gasteiger charge is 2.20. The number of nitrogens with zero attached hydrogens (tertiary/aromatic N) is 2. The van der Waals surface area contributed by atoms with Gasteiger partial charge in [-0.2, -0.15) is 0 Å². The first-order valence-corrected chi connectivity index (χ1v) is 6.87. The van der Waals surface area contributed by atoms with E-state index in [9.17, 15) is 4.79 Å². The summed E-state index contributed by atoms with van der Waals surface area (Å²) in [6, 6.07) is 0. The second-order valence-electron chi connectivity index (χ2n) is 4.13. The molecule has 96 valence electrons. The maximum absolute atomic E-state index is 11.6. The minimum atomic E-state index is -0.198. The number of esters is 1. The van der Waals surface area contributed by atoms with Crippen molar-refractivity contribution in [2.24, 2.45) is 0 Å². The number of hydrogen-bond acceptors (Lipinski definition) is 5. The lowest BCUT2D eigenvalue weighted by Gasteiger charge is -2.12. The van der Waals surface area contributed by atoms with Crippen LogP contribution in [0.1, 0.15) is 24.0 Å². The van der Waals surface area contributed by atoms with Crippen molar-refractivity contribution < 1.29 is 14.3 Å². The molecule has 3 heterocycles. The third-order valence-corrected chi connectivity index (χ3v) is 3.84. The van der Waals surface area contributed by atoms with Crippen LogP contribution in [0, 0.1) is 0 Å². The van der Waals surface area contributed by atoms with Crippen molar-refractivity contribution >= 4 is 22.3 Å². The van der Waals surface area contributed by atoms with E-state index in [1.54, 1.807) is 11.3 Å². The van der Waals surface area contributed by atoms with Gasteiger partial charge < -0.3 is 9.47 Å². The van der Waals surface area contributed by atoms with E-state index < -0.39 is 0 Å². The number of carbonyl (C=O) groups excluding carboxylic acids is 1. The summed E-state index contributed by atoms with van der Waals surface area (Å²) in [4.78, 5) is 17.1. The molecule has 6 heteroatoms. The fourth-order valence-corrected chi connectivity index (χ4v) is 3.12. The topological polar surface area (TPSA) is 52.8 Å². The second-order valence-corrected chi connectivity index (χ2v) is 4.97. The summed E-state index contributed by atoms with van der Waals surface area (Å²) in [6.45, 7) is 3.53. The second kappa shape index (κ2) is 4.70. The quantitative estimate of drug-likeness (QED) is 0.791. The number of thiazole rings is 1. The molecule has 0 N–H and O–H groups in total. The molecule has 0 saturated heterocycles. The molecule has 0 atom stereocenters. The van der Waals surface area contributed by atoms with Gasteiger partial charge in [-0.25, -0.2) is 4.98 Å². The highest BCUT2D eigenvalue weighted by Crippen LogP contribution is 2.25. The zero-order valence-electron chi connectivity index (χ0n) is 10.1. The van der Waals surface area contributed by atoms with Gasteiger partial charge in [-0.3, -0.25) is 9.20 Å². The molecule has 2 aromatic heterocycles. The number of carbonyl (C=O) groups is 1. The lowest BCUT2D eigenvalue weighted by atomic mass is 10.2. The molecule has 0 bridgehead atoms. The third-order valence-electron chi connectivity index (χ3n) is 2.97. The van der Waals surface area contributed by atoms with E-state index in [-0.39, 0.29) is 12.4 Å². The van der Waals surface area contributed by atoms with E-state index in [0.717, 1.165) is 35.1 Å². The van der Waals surface area contributed by atoms with Crippen molar-refractivity contribution in [3.63, 3.8) is 0 Å². The molecule has 0 spiro atoms. The molecular formula is C12H14N2O3S. The van der Waals surface area contributed by atoms with Crippen LogP contribution in [0.4, 0.5) is 0 Å². The van der Waals surface area contributed by atoms with E-state index in [1.165, 1.54) is 0 Å². The maximum atomic E-state index is 11.6. The van der Waals surface area contributed by atoms with Gasteiger partial charge in [0.1, 0.15) is 0 Å². The molecule has 0 unspecified atom stereocenters. The molecule has 0 amide bonds. The van der Waals surface area contributed by atoms with Gasteiger partial charge in [0, 0.05) is 17.5 Å². The first kappa shape index (κ1) is 11.7. The van der Waals surface area contributed by atoms with Crippen LogP contribution in [-0.2, 0) is 33.7 Å². The molecule has 1 aliphatic rings. The van der Waals surface area contributed by atoms with Crippen LogP contribution >= 0.6 is 11.3 Å². The number of ether oxygens (including phenoxy) is 2. The third kappa shape index (κ3) is 1.91. The van der Waals surface area contributed by atoms with Gasteiger partial charge in [-0.05, 0) is 6.92 Å². The molecular weight excluding hydrogens is 252 g/mol. The molecule has 0 radical (unpaired) electrons. The number of aromatic nitrogens is 2. The molecule has 0 aromatic carbocycles. The maximum Gasteiger partial charge on any atom is 0.311 e. The smallest absolute Gasteiger partial charge is 0.311 e. The van der Waals surface area contributed by atoms with Crippen molar-refractivity contribution in [1.82, 2.24) is 9.38 Å². The summed E-state index contributed by atoms with van der Waals surface area (Å²) in [5.74, 6) is -0.198. The van der Waals surface area contributed by atoms with Gasteiger partial charge in [0.05, 0.1) is 37.6 Å². The first-order chi connectivity index (χ1) is 8.79. The number of imidazole rings is 1. The summed E-state index contributed by atoms with van der Waals surface area (Å²) >= 11 is 1.56. The van der Waals surface area contributed by atoms with Gasteiger partial charge in [0.2, 0.25) is 0 Å². The van der Waals surface area contributed by atoms with Crippen LogP contribution < -0.4 is 0 Å². The molecule has 1 aliphatic heterocycles. The van der Waals surface area contributed by atoms with Gasteiger partial charge in [0.15, 0.2) is 4.96 Å². The fourth-order valence-electron chi connectivity index (χ4n) is 2.19. The standard InChI is InChI=1S/C12H14N2O3S/c1-2-17-11(15)5-8-7-18-12-13-9-3-4-16-6-10(9)14(8)12/h7H,2-6H2,1H3. The first-order valence-electron chi connectivity index (χ1n) is 5.99. The SMILES string of the molecule is CCOC(=O)Cc1csc2nc3c(n12)COCC3. The Kier molecular flexibility index (Phi) is 3.05. The normalized spacial score (nSPS) is 14.7. The van der Waals surface area contributed by atoms with E-state index >= 15 is 0 Å². The van der Waals surface area contributed by atoms with Crippen LogP contribution in [0.5, 0.6) is 0 Å². The Balaban J connectivity index is 1.97. The highest BCUT2D eigenvalue weighted by molar-refractivity contribution is 7.15. The molecule has 2 aromatic rings. The number of rotatable bonds is 3. The van der Waals surface area contributed by atoms with Crippen molar-refractivity contribution in [2.45, 2.75) is 26.4 Å². The largest absolute Gasteiger partial charge is 0.466 e. The van der Waals surface area contributed by atoms with Gasteiger partial charge >= 0.3 is 5.97 Å². The fraction of sp³-hybridized carbons (Fsp3) is 0.500. The van der Waals surface area contributed by atoms with Gasteiger partial charge in [-0.1, -0.05) is 0 Å². The minimum Gasteiger partial charge on any atom is -0.466 e. The lowest BCUT2D eigenvalue weighted by molar-refractivity contribution is -0.142. The number of hydrogen-bond donors (Lipinski definition) is 0. The lowest BCUT2D eigenvalue weighted by Crippen LogP contribution is -2.13. The summed E-state index contributed by atoms with van der Waals surface area (Å²) in [6.07, 6.45) is 1.14. The van der Waals surface area contributed by atoms with E-state index in [2.05, 4.69) is 4.98 Å². The summed E-state index contributed by atoms with van der Waals surface area (Å²) in [5.41, 5.74) is 3.11. The Labute approximate surface area is 108 Å². The van der Waals surface area contributed by atoms with E-state index in [1.807, 2.05) is 16.7 Å². The summed E-state index contributed by atoms with van der Waals surface area (Å²) in [5, 5.41) is 1.97. The summed E-state index contributed by atoms with van der Waals surface area (Å²) < 4.78 is 12.5. The van der Waals surface area contributed by atoms with Crippen LogP contribution in [0.2, 0.25) is 0 Å². The van der Waals surface area contributed by atoms with E-state index in [4.69, 9.17) is 9.47 Å². The number of fused-ring (bicyclic) bond motifs is 3. The Morgan fingerprint density at radius 1 is 1.67 bits per heavy atom. The van der Waals surface area contributed by atoms with Gasteiger partial charge in [0.25, 0.3) is 0 Å². The Bertz CT molecular complexity index is 587. The average molecular weight is 266 g/mol. The predicted octanol–water partition coefficient (Wildman–Crippen LogP) is 1.57. The zero-order chi connectivity index (χ0) is 12.5. The summed E-state index contributed by atoms with van der Waals surface area (Å²) in [7, 11) is 0. The van der Waals surface area contributed by atoms with Crippen molar-refractivity contribution in [2.75, 3.05) is 13.2 Å². The van der Waals surface area contributed by atoms with E-state index in [0.29, 0.717) is 13.2 Å². The monoisotopic (exact) mass is 266 g/mol. The van der Waals surface area contributed by atoms with Crippen LogP contribution in [-0.4, -0.2) is 28.6 Å². The molecule has 5 nitrogen and oxygen atoms in total. The zero-order valence-corrected chi connectivity index (χ0v) is 11.0. The molecule has 0 aliphatic carbocycles. The van der Waals surface area contributed by atoms with Gasteiger partial charge in [-0.15, -0.1) is 11.3 Å². The molecule has 18 heavy (non-hydrogen) atoms. The minimum absolute atomic E-state index is 0.198.